The van der Waals surface area contributed by atoms with E-state index in [4.69, 9.17) is 19.3 Å². The van der Waals surface area contributed by atoms with Crippen LogP contribution in [0.25, 0.3) is 0 Å². The Morgan fingerprint density at radius 1 is 0.786 bits per heavy atom. The molecule has 0 saturated carbocycles. The number of ether oxygens (including phenoxy) is 3. The number of aromatic hydroxyl groups is 1. The van der Waals surface area contributed by atoms with E-state index in [-0.39, 0.29) is 48.6 Å². The van der Waals surface area contributed by atoms with Crippen LogP contribution in [0.3, 0.4) is 0 Å². The summed E-state index contributed by atoms with van der Waals surface area (Å²) in [5, 5.41) is 21.5. The van der Waals surface area contributed by atoms with Crippen LogP contribution >= 0.6 is 0 Å². The molecule has 0 heterocycles. The second-order valence-corrected chi connectivity index (χ2v) is 14.0. The number of carbonyl (C=O) groups is 5. The van der Waals surface area contributed by atoms with Gasteiger partial charge in [-0.1, -0.05) is 105 Å². The van der Waals surface area contributed by atoms with Crippen LogP contribution < -0.4 is 10.1 Å². The number of aliphatic carboxylic acids is 1. The van der Waals surface area contributed by atoms with E-state index in [1.54, 1.807) is 13.8 Å². The topological polar surface area (TPSA) is 166 Å². The van der Waals surface area contributed by atoms with Crippen LogP contribution in [-0.2, 0) is 23.9 Å². The third-order valence-corrected chi connectivity index (χ3v) is 8.42. The van der Waals surface area contributed by atoms with Gasteiger partial charge in [0.1, 0.15) is 29.2 Å². The molecule has 0 bridgehead atoms. The van der Waals surface area contributed by atoms with Gasteiger partial charge in [-0.15, -0.1) is 0 Å². The Bertz CT molecular complexity index is 1770. The Hall–Kier alpha value is -5.71. The number of hydrogen-bond acceptors (Lipinski definition) is 9. The SMILES string of the molecule is CCC=CCC=C(C)CC=C(C)CC=CCC=CCCCC(=O)OCC(C)(C)C(OC(=O)c1ccccc1OC(=O)c1ccccc1O)C(=O)NCCC(=O)O. The first-order chi connectivity index (χ1) is 26.7. The predicted molar refractivity (Wildman–Crippen MR) is 216 cm³/mol. The van der Waals surface area contributed by atoms with Crippen molar-refractivity contribution in [1.29, 1.82) is 0 Å². The summed E-state index contributed by atoms with van der Waals surface area (Å²) in [7, 11) is 0. The van der Waals surface area contributed by atoms with Crippen LogP contribution in [0.2, 0.25) is 0 Å². The Morgan fingerprint density at radius 3 is 2.16 bits per heavy atom. The van der Waals surface area contributed by atoms with Crippen molar-refractivity contribution < 1.29 is 48.4 Å². The number of carbonyl (C=O) groups excluding carboxylic acids is 4. The van der Waals surface area contributed by atoms with E-state index >= 15 is 0 Å². The minimum absolute atomic E-state index is 0.128. The minimum Gasteiger partial charge on any atom is -0.507 e. The summed E-state index contributed by atoms with van der Waals surface area (Å²) in [4.78, 5) is 63.3. The molecule has 11 heteroatoms. The summed E-state index contributed by atoms with van der Waals surface area (Å²) in [5.41, 5.74) is 1.10. The van der Waals surface area contributed by atoms with Crippen LogP contribution in [0.5, 0.6) is 11.5 Å². The number of phenols is 1. The molecule has 1 unspecified atom stereocenters. The number of phenolic OH excluding ortho intramolecular Hbond substituents is 1. The molecular weight excluding hydrogens is 714 g/mol. The second-order valence-electron chi connectivity index (χ2n) is 14.0. The molecule has 3 N–H and O–H groups in total. The standard InChI is InChI=1S/C45H57NO10/c1-6-7-8-14-21-33(2)28-29-34(3)22-15-12-10-9-11-13-16-27-40(50)54-32-45(4,5)41(42(51)46-31-30-39(48)49)56-44(53)36-24-18-20-26-38(36)55-43(52)35-23-17-19-25-37(35)47/h7-9,11-12,15,17-21,23-26,29,41,47H,6,10,13-14,16,22,27-28,30-32H2,1-5H3,(H,46,51)(H,48,49). The molecule has 2 rings (SSSR count). The zero-order valence-corrected chi connectivity index (χ0v) is 33.3. The first-order valence-electron chi connectivity index (χ1n) is 19.0. The normalized spacial score (nSPS) is 12.9. The highest BCUT2D eigenvalue weighted by Gasteiger charge is 2.40. The van der Waals surface area contributed by atoms with Gasteiger partial charge in [-0.25, -0.2) is 9.59 Å². The van der Waals surface area contributed by atoms with E-state index in [0.29, 0.717) is 12.8 Å². The maximum atomic E-state index is 13.5. The van der Waals surface area contributed by atoms with Gasteiger partial charge in [0, 0.05) is 18.4 Å². The van der Waals surface area contributed by atoms with Gasteiger partial charge in [0.05, 0.1) is 6.42 Å². The second kappa shape index (κ2) is 25.4. The first kappa shape index (κ1) is 46.4. The van der Waals surface area contributed by atoms with Crippen molar-refractivity contribution in [3.05, 3.63) is 119 Å². The third-order valence-electron chi connectivity index (χ3n) is 8.42. The molecule has 1 atom stereocenters. The van der Waals surface area contributed by atoms with Gasteiger partial charge in [0.25, 0.3) is 5.91 Å². The van der Waals surface area contributed by atoms with E-state index in [9.17, 15) is 29.1 Å². The fourth-order valence-electron chi connectivity index (χ4n) is 5.12. The lowest BCUT2D eigenvalue weighted by atomic mass is 9.86. The van der Waals surface area contributed by atoms with Gasteiger partial charge >= 0.3 is 23.9 Å². The van der Waals surface area contributed by atoms with Crippen LogP contribution in [0.1, 0.15) is 113 Å². The molecular formula is C45H57NO10. The largest absolute Gasteiger partial charge is 0.507 e. The Labute approximate surface area is 330 Å². The van der Waals surface area contributed by atoms with Gasteiger partial charge in [0.2, 0.25) is 0 Å². The van der Waals surface area contributed by atoms with Gasteiger partial charge in [-0.2, -0.15) is 0 Å². The number of carboxylic acid groups (broad SMARTS) is 1. The quantitative estimate of drug-likeness (QED) is 0.0406. The summed E-state index contributed by atoms with van der Waals surface area (Å²) in [6.45, 7) is 9.03. The molecule has 302 valence electrons. The Balaban J connectivity index is 1.93. The number of carboxylic acids is 1. The van der Waals surface area contributed by atoms with Gasteiger partial charge in [-0.05, 0) is 83.1 Å². The molecule has 2 aromatic carbocycles. The molecule has 0 saturated heterocycles. The molecule has 0 aliphatic carbocycles. The zero-order chi connectivity index (χ0) is 41.3. The highest BCUT2D eigenvalue weighted by molar-refractivity contribution is 5.98. The number of allylic oxidation sites excluding steroid dienone is 10. The minimum atomic E-state index is -1.53. The molecule has 0 aromatic heterocycles. The number of esters is 3. The monoisotopic (exact) mass is 771 g/mol. The summed E-state index contributed by atoms with van der Waals surface area (Å²) in [6, 6.07) is 11.4. The first-order valence-corrected chi connectivity index (χ1v) is 19.0. The van der Waals surface area contributed by atoms with E-state index in [2.05, 4.69) is 62.5 Å². The fraction of sp³-hybridized carbons (Fsp3) is 0.400. The Kier molecular flexibility index (Phi) is 21.1. The van der Waals surface area contributed by atoms with Crippen molar-refractivity contribution in [3.63, 3.8) is 0 Å². The lowest BCUT2D eigenvalue weighted by Gasteiger charge is -2.32. The van der Waals surface area contributed by atoms with Crippen molar-refractivity contribution in [3.8, 4) is 11.5 Å². The maximum absolute atomic E-state index is 13.5. The molecule has 0 spiro atoms. The summed E-state index contributed by atoms with van der Waals surface area (Å²) in [5.74, 6) is -4.87. The number of unbranched alkanes of at least 4 members (excludes halogenated alkanes) is 1. The maximum Gasteiger partial charge on any atom is 0.347 e. The number of benzene rings is 2. The van der Waals surface area contributed by atoms with Crippen molar-refractivity contribution in [2.45, 2.75) is 98.5 Å². The average molecular weight is 772 g/mol. The van der Waals surface area contributed by atoms with Crippen LogP contribution in [-0.4, -0.2) is 59.3 Å². The van der Waals surface area contributed by atoms with Crippen molar-refractivity contribution >= 4 is 29.8 Å². The molecule has 0 aliphatic rings. The number of nitrogens with one attached hydrogen (secondary N) is 1. The average Bonchev–Trinajstić information content (AvgIpc) is 3.16. The van der Waals surface area contributed by atoms with Gasteiger partial charge in [0.15, 0.2) is 6.10 Å². The van der Waals surface area contributed by atoms with Crippen LogP contribution in [0.15, 0.2) is 108 Å². The molecule has 2 aromatic rings. The third kappa shape index (κ3) is 18.1. The number of hydrogen-bond donors (Lipinski definition) is 3. The predicted octanol–water partition coefficient (Wildman–Crippen LogP) is 9.00. The Morgan fingerprint density at radius 2 is 1.45 bits per heavy atom. The van der Waals surface area contributed by atoms with Crippen molar-refractivity contribution in [2.24, 2.45) is 5.41 Å². The molecule has 0 radical (unpaired) electrons. The van der Waals surface area contributed by atoms with Crippen molar-refractivity contribution in [2.75, 3.05) is 13.2 Å². The van der Waals surface area contributed by atoms with Crippen LogP contribution in [0.4, 0.5) is 0 Å². The summed E-state index contributed by atoms with van der Waals surface area (Å²) >= 11 is 0. The van der Waals surface area contributed by atoms with Crippen molar-refractivity contribution in [1.82, 2.24) is 5.32 Å². The van der Waals surface area contributed by atoms with Crippen LogP contribution in [0, 0.1) is 5.41 Å². The van der Waals surface area contributed by atoms with E-state index in [1.165, 1.54) is 59.7 Å². The number of rotatable bonds is 24. The molecule has 1 amide bonds. The molecule has 0 aliphatic heterocycles. The lowest BCUT2D eigenvalue weighted by Crippen LogP contribution is -2.49. The molecule has 11 nitrogen and oxygen atoms in total. The van der Waals surface area contributed by atoms with Gasteiger partial charge in [-0.3, -0.25) is 14.4 Å². The van der Waals surface area contributed by atoms with E-state index in [0.717, 1.165) is 32.1 Å². The smallest absolute Gasteiger partial charge is 0.347 e. The van der Waals surface area contributed by atoms with E-state index in [1.807, 2.05) is 12.2 Å². The highest BCUT2D eigenvalue weighted by atomic mass is 16.6. The van der Waals surface area contributed by atoms with E-state index < -0.39 is 41.3 Å². The fourth-order valence-corrected chi connectivity index (χ4v) is 5.12. The molecule has 56 heavy (non-hydrogen) atoms. The number of amides is 1. The highest BCUT2D eigenvalue weighted by Crippen LogP contribution is 2.29. The number of para-hydroxylation sites is 2. The summed E-state index contributed by atoms with van der Waals surface area (Å²) in [6.07, 6.45) is 21.3. The lowest BCUT2D eigenvalue weighted by molar-refractivity contribution is -0.153. The molecule has 0 fully saturated rings. The zero-order valence-electron chi connectivity index (χ0n) is 33.3. The summed E-state index contributed by atoms with van der Waals surface area (Å²) < 4.78 is 16.6. The van der Waals surface area contributed by atoms with Gasteiger partial charge < -0.3 is 29.7 Å².